The normalized spacial score (nSPS) is 23.8. The highest BCUT2D eigenvalue weighted by molar-refractivity contribution is 5.13. The Hall–Kier alpha value is -1.12. The Morgan fingerprint density at radius 2 is 1.80 bits per heavy atom. The fourth-order valence-electron chi connectivity index (χ4n) is 1.69. The maximum atomic E-state index is 8.97. The first-order valence-corrected chi connectivity index (χ1v) is 5.31. The van der Waals surface area contributed by atoms with Crippen LogP contribution in [0.3, 0.4) is 0 Å². The Labute approximate surface area is 90.2 Å². The van der Waals surface area contributed by atoms with E-state index in [2.05, 4.69) is 18.2 Å². The third-order valence-corrected chi connectivity index (χ3v) is 2.79. The minimum atomic E-state index is 0.232. The summed E-state index contributed by atoms with van der Waals surface area (Å²) in [6.07, 6.45) is 4.14. The number of benzene rings is 1. The lowest BCUT2D eigenvalue weighted by Crippen LogP contribution is -2.26. The number of hydrogen-bond acceptors (Lipinski definition) is 2. The molecule has 1 aromatic carbocycles. The van der Waals surface area contributed by atoms with Gasteiger partial charge in [-0.1, -0.05) is 42.5 Å². The summed E-state index contributed by atoms with van der Waals surface area (Å²) < 4.78 is 5.59. The molecule has 1 aliphatic carbocycles. The van der Waals surface area contributed by atoms with Gasteiger partial charge in [-0.05, 0) is 5.56 Å². The molecule has 1 aliphatic rings. The number of aliphatic hydroxyl groups excluding tert-OH is 1. The highest BCUT2D eigenvalue weighted by Crippen LogP contribution is 2.25. The van der Waals surface area contributed by atoms with Gasteiger partial charge in [0.25, 0.3) is 0 Å². The number of rotatable bonds is 5. The van der Waals surface area contributed by atoms with Crippen LogP contribution in [0.15, 0.2) is 42.5 Å². The third-order valence-electron chi connectivity index (χ3n) is 2.79. The van der Waals surface area contributed by atoms with Crippen LogP contribution in [0.25, 0.3) is 0 Å². The summed E-state index contributed by atoms with van der Waals surface area (Å²) in [5.41, 5.74) is 1.20. The topological polar surface area (TPSA) is 29.5 Å². The maximum absolute atomic E-state index is 8.97. The van der Waals surface area contributed by atoms with E-state index >= 15 is 0 Å². The summed E-state index contributed by atoms with van der Waals surface area (Å²) in [5, 5.41) is 8.97. The van der Waals surface area contributed by atoms with Gasteiger partial charge in [0.15, 0.2) is 0 Å². The molecular formula is C13H16O2. The molecule has 0 heterocycles. The summed E-state index contributed by atoms with van der Waals surface area (Å²) in [6.45, 7) is 1.59. The van der Waals surface area contributed by atoms with Crippen LogP contribution >= 0.6 is 0 Å². The van der Waals surface area contributed by atoms with E-state index in [0.29, 0.717) is 25.0 Å². The van der Waals surface area contributed by atoms with Crippen molar-refractivity contribution in [3.05, 3.63) is 48.0 Å². The molecular weight excluding hydrogens is 188 g/mol. The van der Waals surface area contributed by atoms with Gasteiger partial charge in [0, 0.05) is 18.4 Å². The number of ether oxygens (including phenoxy) is 1. The van der Waals surface area contributed by atoms with Gasteiger partial charge in [-0.15, -0.1) is 0 Å². The minimum absolute atomic E-state index is 0.232. The predicted octanol–water partition coefficient (Wildman–Crippen LogP) is 2.00. The second kappa shape index (κ2) is 5.10. The molecule has 2 nitrogen and oxygen atoms in total. The molecule has 80 valence electrons. The van der Waals surface area contributed by atoms with E-state index in [1.165, 1.54) is 5.56 Å². The van der Waals surface area contributed by atoms with E-state index in [1.807, 2.05) is 24.3 Å². The summed E-state index contributed by atoms with van der Waals surface area (Å²) in [7, 11) is 0. The van der Waals surface area contributed by atoms with Crippen molar-refractivity contribution in [2.45, 2.75) is 6.61 Å². The molecule has 0 radical (unpaired) electrons. The van der Waals surface area contributed by atoms with E-state index in [1.54, 1.807) is 0 Å². The third kappa shape index (κ3) is 2.67. The molecule has 0 saturated carbocycles. The van der Waals surface area contributed by atoms with E-state index in [4.69, 9.17) is 9.84 Å². The summed E-state index contributed by atoms with van der Waals surface area (Å²) in [4.78, 5) is 0. The number of hydrogen-bond donors (Lipinski definition) is 1. The molecule has 0 bridgehead atoms. The van der Waals surface area contributed by atoms with Gasteiger partial charge in [0.05, 0.1) is 13.2 Å². The van der Waals surface area contributed by atoms with Crippen molar-refractivity contribution in [1.82, 2.24) is 0 Å². The molecule has 0 amide bonds. The van der Waals surface area contributed by atoms with Crippen molar-refractivity contribution in [2.24, 2.45) is 11.8 Å². The SMILES string of the molecule is OC[C@@H]1C=C[C@@H]1COCc1ccccc1. The van der Waals surface area contributed by atoms with Crippen molar-refractivity contribution >= 4 is 0 Å². The Morgan fingerprint density at radius 1 is 1.07 bits per heavy atom. The van der Waals surface area contributed by atoms with Crippen LogP contribution in [0.1, 0.15) is 5.56 Å². The lowest BCUT2D eigenvalue weighted by Gasteiger charge is -2.27. The van der Waals surface area contributed by atoms with Crippen molar-refractivity contribution in [3.8, 4) is 0 Å². The monoisotopic (exact) mass is 204 g/mol. The largest absolute Gasteiger partial charge is 0.396 e. The maximum Gasteiger partial charge on any atom is 0.0717 e. The van der Waals surface area contributed by atoms with Gasteiger partial charge < -0.3 is 9.84 Å². The van der Waals surface area contributed by atoms with E-state index < -0.39 is 0 Å². The smallest absolute Gasteiger partial charge is 0.0717 e. The Kier molecular flexibility index (Phi) is 3.54. The van der Waals surface area contributed by atoms with E-state index in [9.17, 15) is 0 Å². The lowest BCUT2D eigenvalue weighted by atomic mass is 9.83. The highest BCUT2D eigenvalue weighted by atomic mass is 16.5. The molecule has 2 heteroatoms. The molecule has 0 unspecified atom stereocenters. The average molecular weight is 204 g/mol. The van der Waals surface area contributed by atoms with Gasteiger partial charge in [-0.2, -0.15) is 0 Å². The molecule has 0 spiro atoms. The van der Waals surface area contributed by atoms with Crippen molar-refractivity contribution < 1.29 is 9.84 Å². The zero-order chi connectivity index (χ0) is 10.5. The molecule has 2 atom stereocenters. The molecule has 15 heavy (non-hydrogen) atoms. The van der Waals surface area contributed by atoms with Crippen LogP contribution in [-0.2, 0) is 11.3 Å². The van der Waals surface area contributed by atoms with Crippen molar-refractivity contribution in [1.29, 1.82) is 0 Å². The van der Waals surface area contributed by atoms with Crippen molar-refractivity contribution in [3.63, 3.8) is 0 Å². The first-order chi connectivity index (χ1) is 7.40. The average Bonchev–Trinajstić information content (AvgIpc) is 2.25. The second-order valence-electron chi connectivity index (χ2n) is 3.90. The van der Waals surface area contributed by atoms with Crippen LogP contribution in [0.4, 0.5) is 0 Å². The van der Waals surface area contributed by atoms with E-state index in [0.717, 1.165) is 0 Å². The Balaban J connectivity index is 1.70. The van der Waals surface area contributed by atoms with Crippen LogP contribution < -0.4 is 0 Å². The molecule has 0 saturated heterocycles. The van der Waals surface area contributed by atoms with Crippen LogP contribution in [0.5, 0.6) is 0 Å². The first kappa shape index (κ1) is 10.4. The van der Waals surface area contributed by atoms with Gasteiger partial charge in [0.2, 0.25) is 0 Å². The van der Waals surface area contributed by atoms with Crippen molar-refractivity contribution in [2.75, 3.05) is 13.2 Å². The standard InChI is InChI=1S/C13H16O2/c14-8-12-6-7-13(12)10-15-9-11-4-2-1-3-5-11/h1-7,12-14H,8-10H2/t12-,13+/m0/s1. The highest BCUT2D eigenvalue weighted by Gasteiger charge is 2.22. The van der Waals surface area contributed by atoms with Gasteiger partial charge in [-0.25, -0.2) is 0 Å². The quantitative estimate of drug-likeness (QED) is 0.743. The van der Waals surface area contributed by atoms with Gasteiger partial charge in [-0.3, -0.25) is 0 Å². The Bertz CT molecular complexity index is 319. The van der Waals surface area contributed by atoms with Gasteiger partial charge in [0.1, 0.15) is 0 Å². The van der Waals surface area contributed by atoms with Gasteiger partial charge >= 0.3 is 0 Å². The van der Waals surface area contributed by atoms with Crippen LogP contribution in [0, 0.1) is 11.8 Å². The fourth-order valence-corrected chi connectivity index (χ4v) is 1.69. The molecule has 0 aliphatic heterocycles. The zero-order valence-corrected chi connectivity index (χ0v) is 8.67. The van der Waals surface area contributed by atoms with E-state index in [-0.39, 0.29) is 6.61 Å². The predicted molar refractivity (Wildman–Crippen MR) is 59.3 cm³/mol. The lowest BCUT2D eigenvalue weighted by molar-refractivity contribution is 0.0689. The number of aliphatic hydroxyl groups is 1. The minimum Gasteiger partial charge on any atom is -0.396 e. The fraction of sp³-hybridized carbons (Fsp3) is 0.385. The van der Waals surface area contributed by atoms with Crippen LogP contribution in [-0.4, -0.2) is 18.3 Å². The Morgan fingerprint density at radius 3 is 2.40 bits per heavy atom. The second-order valence-corrected chi connectivity index (χ2v) is 3.90. The molecule has 1 N–H and O–H groups in total. The summed E-state index contributed by atoms with van der Waals surface area (Å²) >= 11 is 0. The van der Waals surface area contributed by atoms with Crippen LogP contribution in [0.2, 0.25) is 0 Å². The molecule has 2 rings (SSSR count). The molecule has 1 aromatic rings. The first-order valence-electron chi connectivity index (χ1n) is 5.31. The summed E-state index contributed by atoms with van der Waals surface area (Å²) in [6, 6.07) is 10.1. The molecule has 0 aromatic heterocycles. The summed E-state index contributed by atoms with van der Waals surface area (Å²) in [5.74, 6) is 0.708. The molecule has 0 fully saturated rings. The zero-order valence-electron chi connectivity index (χ0n) is 8.67.